The molecule has 19 heavy (non-hydrogen) atoms. The molecule has 2 heterocycles. The van der Waals surface area contributed by atoms with Crippen LogP contribution in [0, 0.1) is 5.92 Å². The highest BCUT2D eigenvalue weighted by molar-refractivity contribution is 7.11. The molecule has 0 bridgehead atoms. The minimum atomic E-state index is -0.880. The van der Waals surface area contributed by atoms with Gasteiger partial charge in [-0.05, 0) is 25.7 Å². The Balaban J connectivity index is 1.70. The molecule has 1 aromatic heterocycles. The number of aliphatic carboxylic acids is 1. The van der Waals surface area contributed by atoms with E-state index in [2.05, 4.69) is 4.98 Å². The van der Waals surface area contributed by atoms with E-state index in [9.17, 15) is 9.59 Å². The molecular formula is C13H16N2O3S. The normalized spacial score (nSPS) is 22.6. The van der Waals surface area contributed by atoms with Crippen molar-refractivity contribution in [1.29, 1.82) is 0 Å². The van der Waals surface area contributed by atoms with Crippen LogP contribution in [0.2, 0.25) is 0 Å². The number of fused-ring (bicyclic) bond motifs is 1. The maximum absolute atomic E-state index is 11.8. The molecule has 3 rings (SSSR count). The summed E-state index contributed by atoms with van der Waals surface area (Å²) in [5.74, 6) is -1.50. The third-order valence-electron chi connectivity index (χ3n) is 3.78. The van der Waals surface area contributed by atoms with Gasteiger partial charge in [-0.2, -0.15) is 0 Å². The predicted molar refractivity (Wildman–Crippen MR) is 69.9 cm³/mol. The minimum Gasteiger partial charge on any atom is -0.481 e. The van der Waals surface area contributed by atoms with Crippen LogP contribution in [0.5, 0.6) is 0 Å². The lowest BCUT2D eigenvalue weighted by Gasteiger charge is -2.13. The molecule has 1 atom stereocenters. The maximum atomic E-state index is 11.8. The number of hydrogen-bond donors (Lipinski definition) is 1. The Labute approximate surface area is 115 Å². The van der Waals surface area contributed by atoms with Crippen molar-refractivity contribution in [2.24, 2.45) is 5.92 Å². The fourth-order valence-corrected chi connectivity index (χ4v) is 3.90. The Morgan fingerprint density at radius 3 is 2.89 bits per heavy atom. The molecule has 0 aromatic carbocycles. The summed E-state index contributed by atoms with van der Waals surface area (Å²) in [6, 6.07) is 0. The van der Waals surface area contributed by atoms with Gasteiger partial charge in [0.15, 0.2) is 0 Å². The quantitative estimate of drug-likeness (QED) is 0.910. The van der Waals surface area contributed by atoms with Gasteiger partial charge in [0, 0.05) is 17.8 Å². The van der Waals surface area contributed by atoms with Crippen LogP contribution < -0.4 is 0 Å². The van der Waals surface area contributed by atoms with E-state index in [4.69, 9.17) is 5.11 Å². The minimum absolute atomic E-state index is 0.0689. The van der Waals surface area contributed by atoms with Gasteiger partial charge in [-0.15, -0.1) is 11.3 Å². The number of thiazole rings is 1. The molecule has 1 aromatic rings. The van der Waals surface area contributed by atoms with Crippen molar-refractivity contribution >= 4 is 23.2 Å². The average molecular weight is 280 g/mol. The molecule has 0 radical (unpaired) electrons. The van der Waals surface area contributed by atoms with Crippen LogP contribution >= 0.6 is 11.3 Å². The van der Waals surface area contributed by atoms with Gasteiger partial charge in [-0.1, -0.05) is 0 Å². The van der Waals surface area contributed by atoms with Gasteiger partial charge in [0.05, 0.1) is 18.2 Å². The predicted octanol–water partition coefficient (Wildman–Crippen LogP) is 1.46. The molecule has 1 aliphatic heterocycles. The van der Waals surface area contributed by atoms with Crippen LogP contribution in [0.1, 0.15) is 34.8 Å². The van der Waals surface area contributed by atoms with Crippen molar-refractivity contribution in [3.63, 3.8) is 0 Å². The second kappa shape index (κ2) is 4.92. The van der Waals surface area contributed by atoms with Gasteiger partial charge in [-0.3, -0.25) is 9.59 Å². The van der Waals surface area contributed by atoms with Gasteiger partial charge in [0.2, 0.25) is 5.91 Å². The van der Waals surface area contributed by atoms with E-state index in [1.54, 1.807) is 16.2 Å². The van der Waals surface area contributed by atoms with Crippen LogP contribution in [-0.4, -0.2) is 33.4 Å². The van der Waals surface area contributed by atoms with E-state index in [1.165, 1.54) is 23.4 Å². The smallest absolute Gasteiger partial charge is 0.308 e. The third-order valence-corrected chi connectivity index (χ3v) is 4.92. The molecular weight excluding hydrogens is 264 g/mol. The summed E-state index contributed by atoms with van der Waals surface area (Å²) in [5, 5.41) is 9.91. The van der Waals surface area contributed by atoms with Crippen LogP contribution in [0.3, 0.4) is 0 Å². The molecule has 1 aliphatic carbocycles. The van der Waals surface area contributed by atoms with Crippen molar-refractivity contribution in [3.8, 4) is 0 Å². The van der Waals surface area contributed by atoms with Crippen LogP contribution in [0.15, 0.2) is 0 Å². The van der Waals surface area contributed by atoms with E-state index in [0.29, 0.717) is 13.1 Å². The number of carbonyl (C=O) groups is 2. The van der Waals surface area contributed by atoms with Gasteiger partial charge in [0.1, 0.15) is 5.01 Å². The standard InChI is InChI=1S/C13H16N2O3S/c16-12-5-8(13(17)18)6-15(12)7-11-14-9-3-1-2-4-10(9)19-11/h8H,1-7H2,(H,17,18)/t8-/m0/s1. The van der Waals surface area contributed by atoms with E-state index >= 15 is 0 Å². The highest BCUT2D eigenvalue weighted by Gasteiger charge is 2.34. The van der Waals surface area contributed by atoms with Gasteiger partial charge < -0.3 is 10.0 Å². The van der Waals surface area contributed by atoms with E-state index in [1.807, 2.05) is 0 Å². The SMILES string of the molecule is O=C(O)[C@H]1CC(=O)N(Cc2nc3c(s2)CCCC3)C1. The van der Waals surface area contributed by atoms with Crippen molar-refractivity contribution in [2.75, 3.05) is 6.54 Å². The lowest BCUT2D eigenvalue weighted by Crippen LogP contribution is -2.25. The van der Waals surface area contributed by atoms with Gasteiger partial charge in [0.25, 0.3) is 0 Å². The lowest BCUT2D eigenvalue weighted by atomic mass is 10.0. The van der Waals surface area contributed by atoms with Crippen molar-refractivity contribution in [1.82, 2.24) is 9.88 Å². The summed E-state index contributed by atoms with van der Waals surface area (Å²) >= 11 is 1.68. The molecule has 0 saturated carbocycles. The zero-order valence-electron chi connectivity index (χ0n) is 10.6. The largest absolute Gasteiger partial charge is 0.481 e. The first-order valence-corrected chi connectivity index (χ1v) is 7.43. The second-order valence-electron chi connectivity index (χ2n) is 5.20. The number of carboxylic acids is 1. The summed E-state index contributed by atoms with van der Waals surface area (Å²) in [4.78, 5) is 30.3. The molecule has 2 aliphatic rings. The number of carbonyl (C=O) groups excluding carboxylic acids is 1. The average Bonchev–Trinajstić information content (AvgIpc) is 2.93. The van der Waals surface area contributed by atoms with Gasteiger partial charge in [-0.25, -0.2) is 4.98 Å². The Bertz CT molecular complexity index is 502. The molecule has 6 heteroatoms. The first kappa shape index (κ1) is 12.6. The van der Waals surface area contributed by atoms with Crippen molar-refractivity contribution < 1.29 is 14.7 Å². The molecule has 1 saturated heterocycles. The highest BCUT2D eigenvalue weighted by atomic mass is 32.1. The fourth-order valence-electron chi connectivity index (χ4n) is 2.73. The number of nitrogens with zero attached hydrogens (tertiary/aromatic N) is 2. The van der Waals surface area contributed by atoms with E-state index in [-0.39, 0.29) is 12.3 Å². The van der Waals surface area contributed by atoms with Crippen LogP contribution in [0.4, 0.5) is 0 Å². The van der Waals surface area contributed by atoms with E-state index in [0.717, 1.165) is 17.8 Å². The zero-order valence-corrected chi connectivity index (χ0v) is 11.4. The number of aromatic nitrogens is 1. The third kappa shape index (κ3) is 2.49. The summed E-state index contributed by atoms with van der Waals surface area (Å²) in [5.41, 5.74) is 1.19. The number of carboxylic acid groups (broad SMARTS) is 1. The number of amides is 1. The number of hydrogen-bond acceptors (Lipinski definition) is 4. The first-order chi connectivity index (χ1) is 9.13. The summed E-state index contributed by atoms with van der Waals surface area (Å²) in [6.07, 6.45) is 4.68. The summed E-state index contributed by atoms with van der Waals surface area (Å²) < 4.78 is 0. The monoisotopic (exact) mass is 280 g/mol. The van der Waals surface area contributed by atoms with Crippen LogP contribution in [0.25, 0.3) is 0 Å². The first-order valence-electron chi connectivity index (χ1n) is 6.61. The van der Waals surface area contributed by atoms with Crippen LogP contribution in [-0.2, 0) is 29.0 Å². The topological polar surface area (TPSA) is 70.5 Å². The Hall–Kier alpha value is -1.43. The number of rotatable bonds is 3. The Kier molecular flexibility index (Phi) is 3.26. The van der Waals surface area contributed by atoms with Crippen molar-refractivity contribution in [3.05, 3.63) is 15.6 Å². The molecule has 102 valence electrons. The molecule has 1 N–H and O–H groups in total. The Morgan fingerprint density at radius 1 is 1.42 bits per heavy atom. The molecule has 1 amide bonds. The Morgan fingerprint density at radius 2 is 2.21 bits per heavy atom. The van der Waals surface area contributed by atoms with E-state index < -0.39 is 11.9 Å². The molecule has 0 unspecified atom stereocenters. The number of aryl methyl sites for hydroxylation is 2. The summed E-state index contributed by atoms with van der Waals surface area (Å²) in [7, 11) is 0. The molecule has 0 spiro atoms. The maximum Gasteiger partial charge on any atom is 0.308 e. The van der Waals surface area contributed by atoms with Gasteiger partial charge >= 0.3 is 5.97 Å². The lowest BCUT2D eigenvalue weighted by molar-refractivity contribution is -0.141. The molecule has 1 fully saturated rings. The van der Waals surface area contributed by atoms with Crippen molar-refractivity contribution in [2.45, 2.75) is 38.6 Å². The highest BCUT2D eigenvalue weighted by Crippen LogP contribution is 2.28. The summed E-state index contributed by atoms with van der Waals surface area (Å²) in [6.45, 7) is 0.790. The molecule has 5 nitrogen and oxygen atoms in total. The number of likely N-dealkylation sites (tertiary alicyclic amines) is 1. The fraction of sp³-hybridized carbons (Fsp3) is 0.615. The second-order valence-corrected chi connectivity index (χ2v) is 6.37. The zero-order chi connectivity index (χ0) is 13.4.